The van der Waals surface area contributed by atoms with Crippen LogP contribution in [0.2, 0.25) is 0 Å². The first-order chi connectivity index (χ1) is 8.46. The average molecular weight is 262 g/mol. The van der Waals surface area contributed by atoms with Crippen molar-refractivity contribution in [1.82, 2.24) is 0 Å². The lowest BCUT2D eigenvalue weighted by molar-refractivity contribution is 0.386. The predicted octanol–water partition coefficient (Wildman–Crippen LogP) is 3.86. The molecule has 0 amide bonds. The van der Waals surface area contributed by atoms with E-state index in [-0.39, 0.29) is 0 Å². The molecule has 18 heavy (non-hydrogen) atoms. The lowest BCUT2D eigenvalue weighted by Gasteiger charge is -2.12. The second-order valence-electron chi connectivity index (χ2n) is 4.24. The van der Waals surface area contributed by atoms with Gasteiger partial charge in [0.2, 0.25) is 0 Å². The van der Waals surface area contributed by atoms with E-state index < -0.39 is 7.60 Å². The zero-order valence-corrected chi connectivity index (χ0v) is 11.2. The molecule has 0 aliphatic heterocycles. The van der Waals surface area contributed by atoms with Gasteiger partial charge in [0, 0.05) is 6.66 Å². The van der Waals surface area contributed by atoms with Crippen LogP contribution in [0.25, 0.3) is 11.1 Å². The molecule has 0 bridgehead atoms. The molecule has 0 radical (unpaired) electrons. The van der Waals surface area contributed by atoms with E-state index in [1.54, 1.807) is 6.07 Å². The average Bonchev–Trinajstić information content (AvgIpc) is 2.31. The van der Waals surface area contributed by atoms with E-state index in [1.807, 2.05) is 49.4 Å². The van der Waals surface area contributed by atoms with Crippen LogP contribution in [0.3, 0.4) is 0 Å². The standard InChI is InChI=1S/C14H15O3P/c1-11-10-13(12-6-4-3-5-7-12)8-9-14(11)17-18(2,15)16/h3-10H,1-2H3,(H,15,16). The Morgan fingerprint density at radius 1 is 1.06 bits per heavy atom. The third-order valence-electron chi connectivity index (χ3n) is 2.55. The molecule has 0 spiro atoms. The number of hydrogen-bond acceptors (Lipinski definition) is 2. The van der Waals surface area contributed by atoms with Gasteiger partial charge in [-0.05, 0) is 35.7 Å². The monoisotopic (exact) mass is 262 g/mol. The number of benzene rings is 2. The van der Waals surface area contributed by atoms with E-state index in [4.69, 9.17) is 4.52 Å². The highest BCUT2D eigenvalue weighted by Crippen LogP contribution is 2.40. The maximum atomic E-state index is 11.2. The van der Waals surface area contributed by atoms with Crippen LogP contribution in [0.15, 0.2) is 48.5 Å². The summed E-state index contributed by atoms with van der Waals surface area (Å²) >= 11 is 0. The Hall–Kier alpha value is -1.57. The molecule has 2 rings (SSSR count). The molecule has 3 nitrogen and oxygen atoms in total. The minimum atomic E-state index is -3.50. The van der Waals surface area contributed by atoms with Crippen molar-refractivity contribution < 1.29 is 14.0 Å². The first-order valence-corrected chi connectivity index (χ1v) is 7.64. The zero-order valence-electron chi connectivity index (χ0n) is 10.3. The summed E-state index contributed by atoms with van der Waals surface area (Å²) in [6.07, 6.45) is 0. The summed E-state index contributed by atoms with van der Waals surface area (Å²) in [6.45, 7) is 3.04. The van der Waals surface area contributed by atoms with Crippen LogP contribution in [-0.2, 0) is 4.57 Å². The first kappa shape index (κ1) is 12.9. The minimum Gasteiger partial charge on any atom is -0.424 e. The topological polar surface area (TPSA) is 46.5 Å². The van der Waals surface area contributed by atoms with E-state index in [0.29, 0.717) is 5.75 Å². The fraction of sp³-hybridized carbons (Fsp3) is 0.143. The largest absolute Gasteiger partial charge is 0.424 e. The summed E-state index contributed by atoms with van der Waals surface area (Å²) in [4.78, 5) is 9.22. The van der Waals surface area contributed by atoms with Gasteiger partial charge in [-0.1, -0.05) is 36.4 Å². The summed E-state index contributed by atoms with van der Waals surface area (Å²) in [5.74, 6) is 0.447. The third kappa shape index (κ3) is 3.22. The smallest absolute Gasteiger partial charge is 0.373 e. The van der Waals surface area contributed by atoms with Crippen LogP contribution >= 0.6 is 7.60 Å². The van der Waals surface area contributed by atoms with E-state index in [9.17, 15) is 9.46 Å². The number of rotatable bonds is 3. The second kappa shape index (κ2) is 4.97. The Morgan fingerprint density at radius 2 is 1.72 bits per heavy atom. The third-order valence-corrected chi connectivity index (χ3v) is 3.09. The molecule has 1 N–H and O–H groups in total. The van der Waals surface area contributed by atoms with Gasteiger partial charge in [-0.25, -0.2) is 4.57 Å². The lowest BCUT2D eigenvalue weighted by atomic mass is 10.0. The molecule has 2 aromatic rings. The number of aryl methyl sites for hydroxylation is 1. The van der Waals surface area contributed by atoms with Crippen molar-refractivity contribution in [3.63, 3.8) is 0 Å². The first-order valence-electron chi connectivity index (χ1n) is 5.62. The van der Waals surface area contributed by atoms with Gasteiger partial charge in [-0.3, -0.25) is 0 Å². The molecule has 0 aromatic heterocycles. The predicted molar refractivity (Wildman–Crippen MR) is 73.0 cm³/mol. The van der Waals surface area contributed by atoms with Gasteiger partial charge in [0.25, 0.3) is 0 Å². The molecule has 1 atom stereocenters. The minimum absolute atomic E-state index is 0.447. The normalized spacial score (nSPS) is 13.9. The highest BCUT2D eigenvalue weighted by Gasteiger charge is 2.13. The Kier molecular flexibility index (Phi) is 3.55. The van der Waals surface area contributed by atoms with E-state index in [2.05, 4.69) is 0 Å². The summed E-state index contributed by atoms with van der Waals surface area (Å²) in [6, 6.07) is 15.5. The molecule has 0 heterocycles. The molecule has 4 heteroatoms. The fourth-order valence-corrected chi connectivity index (χ4v) is 2.31. The molecule has 0 fully saturated rings. The molecule has 0 saturated heterocycles. The van der Waals surface area contributed by atoms with Crippen LogP contribution in [0.4, 0.5) is 0 Å². The van der Waals surface area contributed by atoms with Crippen LogP contribution in [-0.4, -0.2) is 11.6 Å². The highest BCUT2D eigenvalue weighted by atomic mass is 31.2. The summed E-state index contributed by atoms with van der Waals surface area (Å²) in [5, 5.41) is 0. The van der Waals surface area contributed by atoms with Crippen LogP contribution in [0.1, 0.15) is 5.56 Å². The van der Waals surface area contributed by atoms with E-state index >= 15 is 0 Å². The molecule has 0 aliphatic carbocycles. The summed E-state index contributed by atoms with van der Waals surface area (Å²) < 4.78 is 16.3. The molecule has 94 valence electrons. The van der Waals surface area contributed by atoms with Gasteiger partial charge in [0.1, 0.15) is 5.75 Å². The molecule has 2 aromatic carbocycles. The van der Waals surface area contributed by atoms with Crippen LogP contribution < -0.4 is 4.52 Å². The van der Waals surface area contributed by atoms with Crippen molar-refractivity contribution in [2.75, 3.05) is 6.66 Å². The molecule has 0 aliphatic rings. The molecule has 0 saturated carbocycles. The second-order valence-corrected chi connectivity index (χ2v) is 6.03. The van der Waals surface area contributed by atoms with Gasteiger partial charge in [0.15, 0.2) is 0 Å². The van der Waals surface area contributed by atoms with Gasteiger partial charge < -0.3 is 9.42 Å². The zero-order chi connectivity index (χ0) is 13.2. The van der Waals surface area contributed by atoms with Crippen molar-refractivity contribution in [2.24, 2.45) is 0 Å². The Balaban J connectivity index is 2.34. The van der Waals surface area contributed by atoms with Crippen molar-refractivity contribution in [3.05, 3.63) is 54.1 Å². The van der Waals surface area contributed by atoms with E-state index in [0.717, 1.165) is 16.7 Å². The van der Waals surface area contributed by atoms with Gasteiger partial charge >= 0.3 is 7.60 Å². The van der Waals surface area contributed by atoms with Crippen molar-refractivity contribution in [3.8, 4) is 16.9 Å². The summed E-state index contributed by atoms with van der Waals surface area (Å²) in [5.41, 5.74) is 3.01. The SMILES string of the molecule is Cc1cc(-c2ccccc2)ccc1OP(C)(=O)O. The Morgan fingerprint density at radius 3 is 2.28 bits per heavy atom. The summed E-state index contributed by atoms with van der Waals surface area (Å²) in [7, 11) is -3.50. The van der Waals surface area contributed by atoms with Crippen molar-refractivity contribution in [2.45, 2.75) is 6.92 Å². The van der Waals surface area contributed by atoms with Crippen LogP contribution in [0, 0.1) is 6.92 Å². The molecular weight excluding hydrogens is 247 g/mol. The Bertz CT molecular complexity index is 587. The van der Waals surface area contributed by atoms with E-state index in [1.165, 1.54) is 6.66 Å². The number of hydrogen-bond donors (Lipinski definition) is 1. The highest BCUT2D eigenvalue weighted by molar-refractivity contribution is 7.52. The fourth-order valence-electron chi connectivity index (χ4n) is 1.74. The maximum absolute atomic E-state index is 11.2. The molecule has 1 unspecified atom stereocenters. The van der Waals surface area contributed by atoms with Gasteiger partial charge in [-0.15, -0.1) is 0 Å². The van der Waals surface area contributed by atoms with Crippen molar-refractivity contribution in [1.29, 1.82) is 0 Å². The van der Waals surface area contributed by atoms with Crippen molar-refractivity contribution >= 4 is 7.60 Å². The quantitative estimate of drug-likeness (QED) is 0.854. The van der Waals surface area contributed by atoms with Gasteiger partial charge in [-0.2, -0.15) is 0 Å². The lowest BCUT2D eigenvalue weighted by Crippen LogP contribution is -1.92. The Labute approximate surface area is 107 Å². The maximum Gasteiger partial charge on any atom is 0.373 e. The molecular formula is C14H15O3P. The van der Waals surface area contributed by atoms with Crippen LogP contribution in [0.5, 0.6) is 5.75 Å². The van der Waals surface area contributed by atoms with Gasteiger partial charge in [0.05, 0.1) is 0 Å².